The maximum Gasteiger partial charge on any atom is 0.0653 e. The molecule has 3 aliphatic rings. The van der Waals surface area contributed by atoms with Crippen LogP contribution in [0.4, 0.5) is 0 Å². The number of hydrogen-bond donors (Lipinski definition) is 1. The Kier molecular flexibility index (Phi) is 1.98. The predicted molar refractivity (Wildman–Crippen MR) is 66.1 cm³/mol. The molecule has 1 nitrogen and oxygen atoms in total. The van der Waals surface area contributed by atoms with E-state index in [1.54, 1.807) is 0 Å². The molecule has 0 aromatic rings. The van der Waals surface area contributed by atoms with Gasteiger partial charge in [0.25, 0.3) is 0 Å². The van der Waals surface area contributed by atoms with Gasteiger partial charge in [0.2, 0.25) is 0 Å². The summed E-state index contributed by atoms with van der Waals surface area (Å²) >= 11 is 0. The summed E-state index contributed by atoms with van der Waals surface area (Å²) < 4.78 is 0. The van der Waals surface area contributed by atoms with Gasteiger partial charge < -0.3 is 5.11 Å². The van der Waals surface area contributed by atoms with Gasteiger partial charge in [-0.2, -0.15) is 0 Å². The van der Waals surface area contributed by atoms with E-state index < -0.39 is 0 Å². The first-order valence-corrected chi connectivity index (χ1v) is 7.00. The highest BCUT2D eigenvalue weighted by molar-refractivity contribution is 5.14. The van der Waals surface area contributed by atoms with Gasteiger partial charge in [-0.1, -0.05) is 20.8 Å². The standard InChI is InChI=1S/C15H26O/c1-13(2)9-11-10(13)5-8-15(4,16)12-6-7-14(11,12)3/h10-12,16H,5-9H2,1-4H3/t10-,11-,12-,14+,15-/m1/s1. The van der Waals surface area contributed by atoms with Crippen LogP contribution in [-0.2, 0) is 0 Å². The highest BCUT2D eigenvalue weighted by atomic mass is 16.3. The van der Waals surface area contributed by atoms with Crippen molar-refractivity contribution in [2.45, 2.75) is 65.4 Å². The first kappa shape index (κ1) is 11.1. The topological polar surface area (TPSA) is 20.2 Å². The predicted octanol–water partition coefficient (Wildman–Crippen LogP) is 3.61. The number of rotatable bonds is 0. The maximum atomic E-state index is 10.6. The van der Waals surface area contributed by atoms with E-state index in [4.69, 9.17) is 0 Å². The average Bonchev–Trinajstić information content (AvgIpc) is 2.13. The van der Waals surface area contributed by atoms with Crippen molar-refractivity contribution in [3.8, 4) is 0 Å². The fourth-order valence-corrected chi connectivity index (χ4v) is 5.36. The van der Waals surface area contributed by atoms with Crippen molar-refractivity contribution in [2.24, 2.45) is 28.6 Å². The SMILES string of the molecule is CC1(C)C[C@@H]2[C@H]1CC[C@@](C)(O)[C@@H]1CC[C@@]21C. The quantitative estimate of drug-likeness (QED) is 0.664. The van der Waals surface area contributed by atoms with E-state index in [0.717, 1.165) is 18.3 Å². The van der Waals surface area contributed by atoms with E-state index in [1.807, 2.05) is 0 Å². The molecule has 0 aliphatic heterocycles. The fourth-order valence-electron chi connectivity index (χ4n) is 5.36. The zero-order chi connectivity index (χ0) is 11.8. The van der Waals surface area contributed by atoms with Crippen LogP contribution >= 0.6 is 0 Å². The van der Waals surface area contributed by atoms with Crippen LogP contribution in [-0.4, -0.2) is 10.7 Å². The van der Waals surface area contributed by atoms with E-state index in [9.17, 15) is 5.11 Å². The third-order valence-electron chi connectivity index (χ3n) is 6.56. The van der Waals surface area contributed by atoms with Crippen molar-refractivity contribution in [1.82, 2.24) is 0 Å². The molecular formula is C15H26O. The molecule has 0 aromatic heterocycles. The van der Waals surface area contributed by atoms with Crippen LogP contribution in [0, 0.1) is 28.6 Å². The molecule has 3 saturated carbocycles. The maximum absolute atomic E-state index is 10.6. The lowest BCUT2D eigenvalue weighted by Gasteiger charge is -2.64. The molecule has 0 aromatic carbocycles. The highest BCUT2D eigenvalue weighted by Gasteiger charge is 2.64. The zero-order valence-corrected chi connectivity index (χ0v) is 11.2. The van der Waals surface area contributed by atoms with Crippen molar-refractivity contribution < 1.29 is 5.11 Å². The first-order valence-electron chi connectivity index (χ1n) is 7.00. The molecule has 3 aliphatic carbocycles. The van der Waals surface area contributed by atoms with E-state index in [0.29, 0.717) is 16.7 Å². The van der Waals surface area contributed by atoms with Gasteiger partial charge in [-0.15, -0.1) is 0 Å². The molecule has 1 N–H and O–H groups in total. The van der Waals surface area contributed by atoms with Crippen LogP contribution in [0.15, 0.2) is 0 Å². The van der Waals surface area contributed by atoms with Crippen LogP contribution in [0.3, 0.4) is 0 Å². The van der Waals surface area contributed by atoms with Crippen molar-refractivity contribution in [3.63, 3.8) is 0 Å². The largest absolute Gasteiger partial charge is 0.390 e. The van der Waals surface area contributed by atoms with Crippen LogP contribution in [0.5, 0.6) is 0 Å². The molecule has 0 spiro atoms. The van der Waals surface area contributed by atoms with E-state index in [2.05, 4.69) is 27.7 Å². The molecule has 16 heavy (non-hydrogen) atoms. The molecule has 3 rings (SSSR count). The van der Waals surface area contributed by atoms with Gasteiger partial charge in [0.05, 0.1) is 5.60 Å². The summed E-state index contributed by atoms with van der Waals surface area (Å²) in [7, 11) is 0. The molecule has 0 heterocycles. The van der Waals surface area contributed by atoms with Gasteiger partial charge in [-0.25, -0.2) is 0 Å². The summed E-state index contributed by atoms with van der Waals surface area (Å²) in [5.74, 6) is 2.34. The molecule has 0 bridgehead atoms. The summed E-state index contributed by atoms with van der Waals surface area (Å²) in [6.07, 6.45) is 6.27. The Morgan fingerprint density at radius 1 is 0.938 bits per heavy atom. The fraction of sp³-hybridized carbons (Fsp3) is 1.00. The minimum Gasteiger partial charge on any atom is -0.390 e. The molecule has 1 heteroatoms. The minimum atomic E-state index is -0.388. The van der Waals surface area contributed by atoms with E-state index in [1.165, 1.54) is 25.7 Å². The molecule has 0 radical (unpaired) electrons. The summed E-state index contributed by atoms with van der Waals surface area (Å²) in [5, 5.41) is 10.6. The van der Waals surface area contributed by atoms with Gasteiger partial charge in [0.15, 0.2) is 0 Å². The van der Waals surface area contributed by atoms with Crippen LogP contribution < -0.4 is 0 Å². The number of aliphatic hydroxyl groups is 1. The van der Waals surface area contributed by atoms with Crippen molar-refractivity contribution in [1.29, 1.82) is 0 Å². The van der Waals surface area contributed by atoms with Gasteiger partial charge in [-0.05, 0) is 67.6 Å². The Labute approximate surface area is 99.6 Å². The molecule has 92 valence electrons. The summed E-state index contributed by atoms with van der Waals surface area (Å²) in [4.78, 5) is 0. The summed E-state index contributed by atoms with van der Waals surface area (Å²) in [6.45, 7) is 9.39. The monoisotopic (exact) mass is 222 g/mol. The van der Waals surface area contributed by atoms with Crippen LogP contribution in [0.2, 0.25) is 0 Å². The normalized spacial score (nSPS) is 58.7. The van der Waals surface area contributed by atoms with Gasteiger partial charge in [0, 0.05) is 0 Å². The van der Waals surface area contributed by atoms with Crippen LogP contribution in [0.25, 0.3) is 0 Å². The minimum absolute atomic E-state index is 0.388. The van der Waals surface area contributed by atoms with Crippen molar-refractivity contribution in [2.75, 3.05) is 0 Å². The van der Waals surface area contributed by atoms with Gasteiger partial charge >= 0.3 is 0 Å². The Balaban J connectivity index is 1.93. The molecular weight excluding hydrogens is 196 g/mol. The third kappa shape index (κ3) is 1.16. The summed E-state index contributed by atoms with van der Waals surface area (Å²) in [5.41, 5.74) is 0.606. The molecule has 0 saturated heterocycles. The van der Waals surface area contributed by atoms with Crippen molar-refractivity contribution in [3.05, 3.63) is 0 Å². The second-order valence-electron chi connectivity index (χ2n) is 7.90. The lowest BCUT2D eigenvalue weighted by atomic mass is 9.41. The van der Waals surface area contributed by atoms with Crippen molar-refractivity contribution >= 4 is 0 Å². The Bertz CT molecular complexity index is 317. The smallest absolute Gasteiger partial charge is 0.0653 e. The Morgan fingerprint density at radius 3 is 2.12 bits per heavy atom. The molecule has 5 atom stereocenters. The average molecular weight is 222 g/mol. The Hall–Kier alpha value is -0.0400. The lowest BCUT2D eigenvalue weighted by Crippen LogP contribution is -2.58. The second kappa shape index (κ2) is 2.85. The lowest BCUT2D eigenvalue weighted by molar-refractivity contribution is -0.176. The zero-order valence-electron chi connectivity index (χ0n) is 11.2. The van der Waals surface area contributed by atoms with E-state index >= 15 is 0 Å². The first-order chi connectivity index (χ1) is 7.27. The number of hydrogen-bond acceptors (Lipinski definition) is 1. The van der Waals surface area contributed by atoms with Crippen LogP contribution in [0.1, 0.15) is 59.8 Å². The van der Waals surface area contributed by atoms with Gasteiger partial charge in [-0.3, -0.25) is 0 Å². The molecule has 3 fully saturated rings. The van der Waals surface area contributed by atoms with E-state index in [-0.39, 0.29) is 5.60 Å². The Morgan fingerprint density at radius 2 is 1.62 bits per heavy atom. The third-order valence-corrected chi connectivity index (χ3v) is 6.56. The summed E-state index contributed by atoms with van der Waals surface area (Å²) in [6, 6.07) is 0. The van der Waals surface area contributed by atoms with Gasteiger partial charge in [0.1, 0.15) is 0 Å². The molecule has 0 amide bonds. The second-order valence-corrected chi connectivity index (χ2v) is 7.90. The highest BCUT2D eigenvalue weighted by Crippen LogP contribution is 2.70. The number of fused-ring (bicyclic) bond motifs is 3. The molecule has 0 unspecified atom stereocenters.